The molecule has 0 aromatic heterocycles. The molecule has 2 aliphatic heterocycles. The molecule has 2 heterocycles. The molecule has 0 spiro atoms. The van der Waals surface area contributed by atoms with Crippen LogP contribution in [-0.4, -0.2) is 32.5 Å². The second-order valence-electron chi connectivity index (χ2n) is 4.16. The molecule has 3 nitrogen and oxygen atoms in total. The van der Waals surface area contributed by atoms with Crippen molar-refractivity contribution in [2.45, 2.75) is 12.3 Å². The summed E-state index contributed by atoms with van der Waals surface area (Å²) < 4.78 is 0. The van der Waals surface area contributed by atoms with E-state index in [0.29, 0.717) is 17.3 Å². The van der Waals surface area contributed by atoms with Gasteiger partial charge in [-0.2, -0.15) is 0 Å². The van der Waals surface area contributed by atoms with Gasteiger partial charge in [-0.1, -0.05) is 23.4 Å². The monoisotopic (exact) mass is 324 g/mol. The molecule has 18 heavy (non-hydrogen) atoms. The summed E-state index contributed by atoms with van der Waals surface area (Å²) in [5.74, 6) is 0.728. The van der Waals surface area contributed by atoms with Crippen molar-refractivity contribution < 1.29 is 5.11 Å². The zero-order valence-electron chi connectivity index (χ0n) is 9.27. The Morgan fingerprint density at radius 3 is 3.00 bits per heavy atom. The lowest BCUT2D eigenvalue weighted by Gasteiger charge is -2.34. The average molecular weight is 326 g/mol. The number of aliphatic imine (C=N–C) groups is 1. The summed E-state index contributed by atoms with van der Waals surface area (Å²) in [6, 6.07) is 5.61. The molecular formula is C11H11Cl3N2OS. The Morgan fingerprint density at radius 1 is 1.50 bits per heavy atom. The van der Waals surface area contributed by atoms with Crippen LogP contribution in [0.3, 0.4) is 0 Å². The van der Waals surface area contributed by atoms with E-state index in [0.717, 1.165) is 16.4 Å². The van der Waals surface area contributed by atoms with Gasteiger partial charge in [0.15, 0.2) is 10.9 Å². The number of rotatable bonds is 1. The number of amidine groups is 1. The second-order valence-corrected chi connectivity index (χ2v) is 5.80. The van der Waals surface area contributed by atoms with E-state index < -0.39 is 5.72 Å². The van der Waals surface area contributed by atoms with E-state index in [-0.39, 0.29) is 18.3 Å². The molecule has 1 N–H and O–H groups in total. The topological polar surface area (TPSA) is 35.8 Å². The van der Waals surface area contributed by atoms with Crippen molar-refractivity contribution in [3.8, 4) is 0 Å². The molecule has 0 radical (unpaired) electrons. The maximum atomic E-state index is 10.3. The highest BCUT2D eigenvalue weighted by Crippen LogP contribution is 2.40. The van der Waals surface area contributed by atoms with E-state index in [2.05, 4.69) is 4.99 Å². The standard InChI is InChI=1S/C11H10Cl2N2OS.ClH/c12-5-11(16)6-17-10-14-9-2-1-8(13)3-7(9)4-15(10)11;/h1-3,16H,4-6H2;1H. The van der Waals surface area contributed by atoms with Gasteiger partial charge >= 0.3 is 0 Å². The predicted octanol–water partition coefficient (Wildman–Crippen LogP) is 3.24. The number of thioether (sulfide) groups is 1. The molecule has 3 rings (SSSR count). The lowest BCUT2D eigenvalue weighted by molar-refractivity contribution is -0.0256. The molecule has 1 atom stereocenters. The Bertz CT molecular complexity index is 511. The van der Waals surface area contributed by atoms with Gasteiger partial charge in [0.1, 0.15) is 0 Å². The van der Waals surface area contributed by atoms with Crippen LogP contribution in [0.2, 0.25) is 5.02 Å². The molecule has 7 heteroatoms. The summed E-state index contributed by atoms with van der Waals surface area (Å²) in [5, 5.41) is 11.9. The van der Waals surface area contributed by atoms with Crippen LogP contribution in [0, 0.1) is 0 Å². The van der Waals surface area contributed by atoms with Gasteiger partial charge in [0.2, 0.25) is 0 Å². The molecule has 2 aliphatic rings. The van der Waals surface area contributed by atoms with E-state index in [1.54, 1.807) is 0 Å². The summed E-state index contributed by atoms with van der Waals surface area (Å²) in [6.07, 6.45) is 0. The number of hydrogen-bond donors (Lipinski definition) is 1. The number of alkyl halides is 1. The molecule has 0 aliphatic carbocycles. The number of aliphatic hydroxyl groups is 1. The summed E-state index contributed by atoms with van der Waals surface area (Å²) >= 11 is 13.3. The van der Waals surface area contributed by atoms with E-state index in [4.69, 9.17) is 23.2 Å². The first kappa shape index (κ1) is 14.3. The Balaban J connectivity index is 0.00000120. The van der Waals surface area contributed by atoms with Crippen molar-refractivity contribution in [1.29, 1.82) is 0 Å². The Morgan fingerprint density at radius 2 is 2.28 bits per heavy atom. The number of halogens is 3. The minimum absolute atomic E-state index is 0. The van der Waals surface area contributed by atoms with Crippen molar-refractivity contribution in [3.05, 3.63) is 28.8 Å². The van der Waals surface area contributed by atoms with Gasteiger partial charge in [0.05, 0.1) is 17.3 Å². The molecule has 1 aromatic rings. The maximum Gasteiger partial charge on any atom is 0.167 e. The molecule has 0 amide bonds. The van der Waals surface area contributed by atoms with Gasteiger partial charge in [0.25, 0.3) is 0 Å². The highest BCUT2D eigenvalue weighted by molar-refractivity contribution is 8.14. The van der Waals surface area contributed by atoms with Gasteiger partial charge in [-0.05, 0) is 23.8 Å². The van der Waals surface area contributed by atoms with E-state index >= 15 is 0 Å². The molecule has 1 aromatic carbocycles. The molecule has 98 valence electrons. The average Bonchev–Trinajstić information content (AvgIpc) is 2.65. The summed E-state index contributed by atoms with van der Waals surface area (Å²) in [5.41, 5.74) is 0.949. The molecule has 1 unspecified atom stereocenters. The predicted molar refractivity (Wildman–Crippen MR) is 79.5 cm³/mol. The normalized spacial score (nSPS) is 25.1. The van der Waals surface area contributed by atoms with Gasteiger partial charge in [0, 0.05) is 11.6 Å². The SMILES string of the molecule is Cl.OC1(CCl)CSC2=Nc3ccc(Cl)cc3CN21. The van der Waals surface area contributed by atoms with Gasteiger partial charge < -0.3 is 10.0 Å². The first-order valence-electron chi connectivity index (χ1n) is 5.18. The quantitative estimate of drug-likeness (QED) is 0.805. The smallest absolute Gasteiger partial charge is 0.167 e. The Hall–Kier alpha value is -0.130. The summed E-state index contributed by atoms with van der Waals surface area (Å²) in [7, 11) is 0. The van der Waals surface area contributed by atoms with Crippen LogP contribution in [0.5, 0.6) is 0 Å². The third-order valence-electron chi connectivity index (χ3n) is 2.97. The molecule has 1 fully saturated rings. The number of fused-ring (bicyclic) bond motifs is 2. The minimum Gasteiger partial charge on any atom is -0.369 e. The lowest BCUT2D eigenvalue weighted by atomic mass is 10.1. The number of benzene rings is 1. The maximum absolute atomic E-state index is 10.3. The summed E-state index contributed by atoms with van der Waals surface area (Å²) in [6.45, 7) is 0.602. The van der Waals surface area contributed by atoms with Crippen molar-refractivity contribution in [2.75, 3.05) is 11.6 Å². The van der Waals surface area contributed by atoms with Crippen LogP contribution in [0.1, 0.15) is 5.56 Å². The van der Waals surface area contributed by atoms with Gasteiger partial charge in [-0.25, -0.2) is 4.99 Å². The Kier molecular flexibility index (Phi) is 4.04. The van der Waals surface area contributed by atoms with E-state index in [1.165, 1.54) is 11.8 Å². The number of nitrogens with zero attached hydrogens (tertiary/aromatic N) is 2. The fourth-order valence-corrected chi connectivity index (χ4v) is 3.71. The van der Waals surface area contributed by atoms with Crippen LogP contribution in [0.4, 0.5) is 5.69 Å². The fraction of sp³-hybridized carbons (Fsp3) is 0.364. The summed E-state index contributed by atoms with van der Waals surface area (Å²) in [4.78, 5) is 6.37. The lowest BCUT2D eigenvalue weighted by Crippen LogP contribution is -2.49. The molecule has 0 saturated carbocycles. The van der Waals surface area contributed by atoms with Crippen LogP contribution >= 0.6 is 47.4 Å². The zero-order valence-corrected chi connectivity index (χ0v) is 12.4. The van der Waals surface area contributed by atoms with Crippen LogP contribution in [-0.2, 0) is 6.54 Å². The van der Waals surface area contributed by atoms with Crippen LogP contribution < -0.4 is 0 Å². The van der Waals surface area contributed by atoms with Crippen molar-refractivity contribution >= 4 is 58.2 Å². The highest BCUT2D eigenvalue weighted by Gasteiger charge is 2.44. The van der Waals surface area contributed by atoms with Crippen LogP contribution in [0.15, 0.2) is 23.2 Å². The fourth-order valence-electron chi connectivity index (χ4n) is 2.00. The number of hydrogen-bond acceptors (Lipinski definition) is 4. The third-order valence-corrected chi connectivity index (χ3v) is 4.81. The van der Waals surface area contributed by atoms with Crippen LogP contribution in [0.25, 0.3) is 0 Å². The Labute approximate surface area is 126 Å². The first-order valence-corrected chi connectivity index (χ1v) is 7.08. The van der Waals surface area contributed by atoms with Gasteiger partial charge in [-0.15, -0.1) is 24.0 Å². The van der Waals surface area contributed by atoms with E-state index in [1.807, 2.05) is 23.1 Å². The first-order chi connectivity index (χ1) is 8.12. The molecular weight excluding hydrogens is 315 g/mol. The molecule has 0 bridgehead atoms. The zero-order chi connectivity index (χ0) is 12.0. The third kappa shape index (κ3) is 2.21. The largest absolute Gasteiger partial charge is 0.369 e. The van der Waals surface area contributed by atoms with E-state index in [9.17, 15) is 5.11 Å². The van der Waals surface area contributed by atoms with Crippen molar-refractivity contribution in [3.63, 3.8) is 0 Å². The highest BCUT2D eigenvalue weighted by atomic mass is 35.5. The van der Waals surface area contributed by atoms with Crippen molar-refractivity contribution in [1.82, 2.24) is 4.90 Å². The molecule has 1 saturated heterocycles. The van der Waals surface area contributed by atoms with Crippen molar-refractivity contribution in [2.24, 2.45) is 4.99 Å². The second kappa shape index (κ2) is 5.10. The minimum atomic E-state index is -0.995. The van der Waals surface area contributed by atoms with Gasteiger partial charge in [-0.3, -0.25) is 0 Å².